The molecule has 0 unspecified atom stereocenters. The van der Waals surface area contributed by atoms with Crippen LogP contribution >= 0.6 is 0 Å². The largest absolute Gasteiger partial charge is 0.481 e. The summed E-state index contributed by atoms with van der Waals surface area (Å²) in [7, 11) is 0. The van der Waals surface area contributed by atoms with Crippen molar-refractivity contribution in [3.05, 3.63) is 17.5 Å². The Morgan fingerprint density at radius 3 is 2.84 bits per heavy atom. The summed E-state index contributed by atoms with van der Waals surface area (Å²) in [4.78, 5) is 22.9. The highest BCUT2D eigenvalue weighted by Crippen LogP contribution is 2.29. The van der Waals surface area contributed by atoms with Gasteiger partial charge in [-0.15, -0.1) is 0 Å². The van der Waals surface area contributed by atoms with E-state index in [-0.39, 0.29) is 11.8 Å². The molecule has 1 aliphatic carbocycles. The molecular formula is C13H18N2O4. The summed E-state index contributed by atoms with van der Waals surface area (Å²) in [6.07, 6.45) is 2.64. The minimum Gasteiger partial charge on any atom is -0.481 e. The van der Waals surface area contributed by atoms with E-state index in [1.54, 1.807) is 6.07 Å². The van der Waals surface area contributed by atoms with Crippen LogP contribution in [0.25, 0.3) is 0 Å². The van der Waals surface area contributed by atoms with Gasteiger partial charge in [0.15, 0.2) is 5.76 Å². The molecule has 19 heavy (non-hydrogen) atoms. The van der Waals surface area contributed by atoms with E-state index in [4.69, 9.17) is 9.63 Å². The van der Waals surface area contributed by atoms with E-state index < -0.39 is 11.9 Å². The number of rotatable bonds is 4. The molecule has 0 aliphatic heterocycles. The normalized spacial score (nSPS) is 23.0. The third-order valence-corrected chi connectivity index (χ3v) is 3.51. The average molecular weight is 266 g/mol. The van der Waals surface area contributed by atoms with Gasteiger partial charge in [0.25, 0.3) is 0 Å². The minimum absolute atomic E-state index is 0.0972. The van der Waals surface area contributed by atoms with Gasteiger partial charge in [-0.25, -0.2) is 0 Å². The molecule has 0 aromatic carbocycles. The summed E-state index contributed by atoms with van der Waals surface area (Å²) in [5.74, 6) is -0.893. The number of hydrogen-bond acceptors (Lipinski definition) is 4. The van der Waals surface area contributed by atoms with Crippen LogP contribution in [0.15, 0.2) is 10.6 Å². The van der Waals surface area contributed by atoms with E-state index >= 15 is 0 Å². The van der Waals surface area contributed by atoms with Crippen LogP contribution in [0.2, 0.25) is 0 Å². The molecule has 0 bridgehead atoms. The first-order valence-electron chi connectivity index (χ1n) is 6.49. The van der Waals surface area contributed by atoms with Crippen molar-refractivity contribution < 1.29 is 19.2 Å². The van der Waals surface area contributed by atoms with E-state index in [9.17, 15) is 9.59 Å². The van der Waals surface area contributed by atoms with Crippen LogP contribution in [0.1, 0.15) is 37.1 Å². The van der Waals surface area contributed by atoms with Crippen LogP contribution in [0.3, 0.4) is 0 Å². The number of aryl methyl sites for hydroxylation is 1. The fraction of sp³-hybridized carbons (Fsp3) is 0.615. The Balaban J connectivity index is 1.84. The van der Waals surface area contributed by atoms with Gasteiger partial charge >= 0.3 is 5.97 Å². The van der Waals surface area contributed by atoms with Crippen molar-refractivity contribution in [2.75, 3.05) is 0 Å². The van der Waals surface area contributed by atoms with Gasteiger partial charge in [0.05, 0.1) is 18.2 Å². The Kier molecular flexibility index (Phi) is 4.19. The first kappa shape index (κ1) is 13.6. The van der Waals surface area contributed by atoms with Gasteiger partial charge in [0, 0.05) is 12.0 Å². The van der Waals surface area contributed by atoms with Crippen molar-refractivity contribution in [1.82, 2.24) is 10.5 Å². The van der Waals surface area contributed by atoms with E-state index in [1.807, 2.05) is 6.92 Å². The lowest BCUT2D eigenvalue weighted by Crippen LogP contribution is -2.35. The summed E-state index contributed by atoms with van der Waals surface area (Å²) in [5, 5.41) is 15.5. The fourth-order valence-electron chi connectivity index (χ4n) is 2.47. The quantitative estimate of drug-likeness (QED) is 0.861. The monoisotopic (exact) mass is 266 g/mol. The predicted molar refractivity (Wildman–Crippen MR) is 66.2 cm³/mol. The number of amides is 1. The molecule has 0 saturated heterocycles. The van der Waals surface area contributed by atoms with Gasteiger partial charge in [-0.3, -0.25) is 9.59 Å². The first-order valence-corrected chi connectivity index (χ1v) is 6.49. The average Bonchev–Trinajstić information content (AvgIpc) is 2.82. The summed E-state index contributed by atoms with van der Waals surface area (Å²) < 4.78 is 5.00. The zero-order valence-electron chi connectivity index (χ0n) is 10.9. The molecule has 6 nitrogen and oxygen atoms in total. The number of nitrogens with one attached hydrogen (secondary N) is 1. The molecule has 1 aromatic rings. The zero-order chi connectivity index (χ0) is 13.8. The molecule has 1 amide bonds. The highest BCUT2D eigenvalue weighted by Gasteiger charge is 2.30. The lowest BCUT2D eigenvalue weighted by Gasteiger charge is -2.25. The van der Waals surface area contributed by atoms with Crippen LogP contribution in [0.4, 0.5) is 0 Å². The predicted octanol–water partition coefficient (Wildman–Crippen LogP) is 1.49. The molecule has 6 heteroatoms. The molecule has 0 spiro atoms. The zero-order valence-corrected chi connectivity index (χ0v) is 10.9. The molecule has 1 saturated carbocycles. The van der Waals surface area contributed by atoms with Gasteiger partial charge in [0.1, 0.15) is 0 Å². The number of carbonyl (C=O) groups excluding carboxylic acids is 1. The maximum Gasteiger partial charge on any atom is 0.306 e. The second kappa shape index (κ2) is 5.86. The Bertz CT molecular complexity index is 469. The fourth-order valence-corrected chi connectivity index (χ4v) is 2.47. The van der Waals surface area contributed by atoms with Gasteiger partial charge in [0.2, 0.25) is 5.91 Å². The van der Waals surface area contributed by atoms with Crippen molar-refractivity contribution in [2.24, 2.45) is 11.8 Å². The second-order valence-corrected chi connectivity index (χ2v) is 5.05. The van der Waals surface area contributed by atoms with Crippen LogP contribution in [0, 0.1) is 18.8 Å². The molecule has 1 fully saturated rings. The number of aliphatic carboxylic acids is 1. The summed E-state index contributed by atoms with van der Waals surface area (Å²) in [6, 6.07) is 1.77. The lowest BCUT2D eigenvalue weighted by molar-refractivity contribution is -0.144. The molecule has 2 N–H and O–H groups in total. The Labute approximate surface area is 111 Å². The Morgan fingerprint density at radius 2 is 2.21 bits per heavy atom. The second-order valence-electron chi connectivity index (χ2n) is 5.05. The van der Waals surface area contributed by atoms with Crippen LogP contribution in [-0.4, -0.2) is 22.1 Å². The van der Waals surface area contributed by atoms with Crippen LogP contribution in [0.5, 0.6) is 0 Å². The molecule has 2 rings (SSSR count). The molecule has 1 aromatic heterocycles. The molecule has 1 heterocycles. The van der Waals surface area contributed by atoms with Gasteiger partial charge < -0.3 is 14.9 Å². The topological polar surface area (TPSA) is 92.4 Å². The summed E-state index contributed by atoms with van der Waals surface area (Å²) in [6.45, 7) is 2.11. The smallest absolute Gasteiger partial charge is 0.306 e. The number of nitrogens with zero attached hydrogens (tertiary/aromatic N) is 1. The SMILES string of the molecule is Cc1cc(CNC(=O)[C@@H]2CCC[C@@H](C(=O)O)C2)on1. The maximum atomic E-state index is 12.0. The van der Waals surface area contributed by atoms with E-state index in [2.05, 4.69) is 10.5 Å². The third-order valence-electron chi connectivity index (χ3n) is 3.51. The molecule has 2 atom stereocenters. The standard InChI is InChI=1S/C13H18N2O4/c1-8-5-11(19-15-8)7-14-12(16)9-3-2-4-10(6-9)13(17)18/h5,9-10H,2-4,6-7H2,1H3,(H,14,16)(H,17,18)/t9-,10-/m1/s1. The molecule has 0 radical (unpaired) electrons. The van der Waals surface area contributed by atoms with Crippen LogP contribution < -0.4 is 5.32 Å². The van der Waals surface area contributed by atoms with E-state index in [1.165, 1.54) is 0 Å². The van der Waals surface area contributed by atoms with Crippen molar-refractivity contribution in [3.8, 4) is 0 Å². The van der Waals surface area contributed by atoms with Crippen molar-refractivity contribution in [1.29, 1.82) is 0 Å². The minimum atomic E-state index is -0.802. The van der Waals surface area contributed by atoms with Gasteiger partial charge in [-0.05, 0) is 26.2 Å². The molecule has 104 valence electrons. The van der Waals surface area contributed by atoms with Crippen molar-refractivity contribution in [3.63, 3.8) is 0 Å². The Hall–Kier alpha value is -1.85. The summed E-state index contributed by atoms with van der Waals surface area (Å²) >= 11 is 0. The number of hydrogen-bond donors (Lipinski definition) is 2. The van der Waals surface area contributed by atoms with E-state index in [0.717, 1.165) is 18.5 Å². The van der Waals surface area contributed by atoms with Gasteiger partial charge in [-0.1, -0.05) is 11.6 Å². The highest BCUT2D eigenvalue weighted by molar-refractivity contribution is 5.80. The van der Waals surface area contributed by atoms with E-state index in [0.29, 0.717) is 25.1 Å². The number of aromatic nitrogens is 1. The summed E-state index contributed by atoms with van der Waals surface area (Å²) in [5.41, 5.74) is 0.771. The molecule has 1 aliphatic rings. The Morgan fingerprint density at radius 1 is 1.47 bits per heavy atom. The highest BCUT2D eigenvalue weighted by atomic mass is 16.5. The number of carboxylic acids is 1. The number of carbonyl (C=O) groups is 2. The number of carboxylic acid groups (broad SMARTS) is 1. The first-order chi connectivity index (χ1) is 9.06. The lowest BCUT2D eigenvalue weighted by atomic mass is 9.81. The van der Waals surface area contributed by atoms with Gasteiger partial charge in [-0.2, -0.15) is 0 Å². The molecular weight excluding hydrogens is 248 g/mol. The maximum absolute atomic E-state index is 12.0. The van der Waals surface area contributed by atoms with Crippen LogP contribution in [-0.2, 0) is 16.1 Å². The third kappa shape index (κ3) is 3.56. The van der Waals surface area contributed by atoms with Crippen molar-refractivity contribution >= 4 is 11.9 Å². The van der Waals surface area contributed by atoms with Crippen molar-refractivity contribution in [2.45, 2.75) is 39.2 Å².